The van der Waals surface area contributed by atoms with E-state index in [0.717, 1.165) is 27.9 Å². The number of carbonyl (C=O) groups is 1. The number of nitrogens with one attached hydrogen (secondary N) is 1. The molecule has 0 aliphatic carbocycles. The summed E-state index contributed by atoms with van der Waals surface area (Å²) in [5.74, 6) is -0.366. The molecule has 4 nitrogen and oxygen atoms in total. The van der Waals surface area contributed by atoms with Crippen molar-refractivity contribution in [3.05, 3.63) is 70.6 Å². The van der Waals surface area contributed by atoms with Crippen molar-refractivity contribution in [1.82, 2.24) is 9.97 Å². The van der Waals surface area contributed by atoms with Gasteiger partial charge in [-0.1, -0.05) is 17.7 Å². The number of esters is 1. The number of fused-ring (bicyclic) bond motifs is 1. The molecular weight excluding hydrogens is 324 g/mol. The molecule has 0 unspecified atom stereocenters. The van der Waals surface area contributed by atoms with Crippen LogP contribution >= 0.6 is 11.6 Å². The Kier molecular flexibility index (Phi) is 4.96. The van der Waals surface area contributed by atoms with E-state index in [2.05, 4.69) is 16.0 Å². The highest BCUT2D eigenvalue weighted by Gasteiger charge is 2.06. The molecule has 3 rings (SSSR count). The monoisotopic (exact) mass is 340 g/mol. The van der Waals surface area contributed by atoms with Crippen molar-refractivity contribution in [3.63, 3.8) is 0 Å². The van der Waals surface area contributed by atoms with Crippen molar-refractivity contribution in [2.45, 2.75) is 13.3 Å². The quantitative estimate of drug-likeness (QED) is 0.554. The second kappa shape index (κ2) is 7.32. The standard InChI is InChI=1S/C19H17ClN2O2/c1-2-24-19(23)8-7-17-13(4-3-9-21-17)11-16-12-14-10-15(20)5-6-18(14)22-16/h3-10,12,22H,2,11H2,1H3/b8-7+. The summed E-state index contributed by atoms with van der Waals surface area (Å²) >= 11 is 6.03. The highest BCUT2D eigenvalue weighted by molar-refractivity contribution is 6.31. The van der Waals surface area contributed by atoms with Gasteiger partial charge < -0.3 is 9.72 Å². The first-order valence-corrected chi connectivity index (χ1v) is 8.09. The van der Waals surface area contributed by atoms with Gasteiger partial charge in [-0.15, -0.1) is 0 Å². The number of H-pyrrole nitrogens is 1. The molecule has 1 aromatic carbocycles. The SMILES string of the molecule is CCOC(=O)/C=C/c1ncccc1Cc1cc2cc(Cl)ccc2[nH]1. The number of benzene rings is 1. The number of hydrogen-bond donors (Lipinski definition) is 1. The lowest BCUT2D eigenvalue weighted by molar-refractivity contribution is -0.137. The largest absolute Gasteiger partial charge is 0.463 e. The van der Waals surface area contributed by atoms with Crippen LogP contribution in [-0.2, 0) is 16.0 Å². The zero-order valence-corrected chi connectivity index (χ0v) is 14.0. The predicted molar refractivity (Wildman–Crippen MR) is 96.0 cm³/mol. The van der Waals surface area contributed by atoms with E-state index >= 15 is 0 Å². The Hall–Kier alpha value is -2.59. The number of halogens is 1. The Balaban J connectivity index is 1.85. The fourth-order valence-electron chi connectivity index (χ4n) is 2.55. The summed E-state index contributed by atoms with van der Waals surface area (Å²) in [6.07, 6.45) is 5.48. The fraction of sp³-hybridized carbons (Fsp3) is 0.158. The van der Waals surface area contributed by atoms with E-state index in [0.29, 0.717) is 18.1 Å². The predicted octanol–water partition coefficient (Wildman–Crippen LogP) is 4.38. The molecule has 0 spiro atoms. The van der Waals surface area contributed by atoms with Gasteiger partial charge >= 0.3 is 5.97 Å². The lowest BCUT2D eigenvalue weighted by Gasteiger charge is -2.03. The number of pyridine rings is 1. The van der Waals surface area contributed by atoms with Gasteiger partial charge in [-0.05, 0) is 48.9 Å². The van der Waals surface area contributed by atoms with E-state index in [4.69, 9.17) is 16.3 Å². The van der Waals surface area contributed by atoms with Crippen molar-refractivity contribution in [1.29, 1.82) is 0 Å². The van der Waals surface area contributed by atoms with E-state index in [1.54, 1.807) is 19.2 Å². The van der Waals surface area contributed by atoms with E-state index < -0.39 is 0 Å². The van der Waals surface area contributed by atoms with Crippen LogP contribution in [0, 0.1) is 0 Å². The number of nitrogens with zero attached hydrogens (tertiary/aromatic N) is 1. The highest BCUT2D eigenvalue weighted by atomic mass is 35.5. The fourth-order valence-corrected chi connectivity index (χ4v) is 2.73. The lowest BCUT2D eigenvalue weighted by Crippen LogP contribution is -2.00. The van der Waals surface area contributed by atoms with Gasteiger partial charge in [0.2, 0.25) is 0 Å². The third-order valence-electron chi connectivity index (χ3n) is 3.61. The smallest absolute Gasteiger partial charge is 0.330 e. The highest BCUT2D eigenvalue weighted by Crippen LogP contribution is 2.22. The minimum absolute atomic E-state index is 0.357. The van der Waals surface area contributed by atoms with Crippen LogP contribution in [0.3, 0.4) is 0 Å². The molecule has 0 atom stereocenters. The van der Waals surface area contributed by atoms with E-state index in [9.17, 15) is 4.79 Å². The Morgan fingerprint density at radius 3 is 3.04 bits per heavy atom. The number of rotatable bonds is 5. The average Bonchev–Trinajstić information content (AvgIpc) is 2.95. The molecule has 1 N–H and O–H groups in total. The maximum atomic E-state index is 11.5. The van der Waals surface area contributed by atoms with Gasteiger partial charge in [0.25, 0.3) is 0 Å². The molecule has 0 aliphatic rings. The number of aromatic amines is 1. The van der Waals surface area contributed by atoms with Crippen LogP contribution in [0.15, 0.2) is 48.7 Å². The zero-order chi connectivity index (χ0) is 16.9. The second-order valence-corrected chi connectivity index (χ2v) is 5.77. The summed E-state index contributed by atoms with van der Waals surface area (Å²) < 4.78 is 4.90. The van der Waals surface area contributed by atoms with E-state index in [1.165, 1.54) is 6.08 Å². The maximum Gasteiger partial charge on any atom is 0.330 e. The molecule has 0 saturated heterocycles. The average molecular weight is 341 g/mol. The Morgan fingerprint density at radius 1 is 1.33 bits per heavy atom. The topological polar surface area (TPSA) is 55.0 Å². The van der Waals surface area contributed by atoms with Gasteiger partial charge in [0, 0.05) is 40.3 Å². The van der Waals surface area contributed by atoms with Crippen molar-refractivity contribution in [2.75, 3.05) is 6.61 Å². The number of hydrogen-bond acceptors (Lipinski definition) is 3. The summed E-state index contributed by atoms with van der Waals surface area (Å²) in [5.41, 5.74) is 3.88. The molecule has 0 saturated carbocycles. The van der Waals surface area contributed by atoms with Crippen LogP contribution in [0.1, 0.15) is 23.9 Å². The van der Waals surface area contributed by atoms with Crippen molar-refractivity contribution in [3.8, 4) is 0 Å². The van der Waals surface area contributed by atoms with Crippen LogP contribution in [-0.4, -0.2) is 22.5 Å². The molecule has 0 amide bonds. The normalized spacial score (nSPS) is 11.2. The van der Waals surface area contributed by atoms with Gasteiger partial charge in [-0.3, -0.25) is 4.98 Å². The van der Waals surface area contributed by atoms with Crippen molar-refractivity contribution in [2.24, 2.45) is 0 Å². The summed E-state index contributed by atoms with van der Waals surface area (Å²) in [5, 5.41) is 1.79. The van der Waals surface area contributed by atoms with Gasteiger partial charge in [0.1, 0.15) is 0 Å². The van der Waals surface area contributed by atoms with Gasteiger partial charge in [-0.2, -0.15) is 0 Å². The summed E-state index contributed by atoms with van der Waals surface area (Å²) in [6, 6.07) is 11.7. The van der Waals surface area contributed by atoms with Crippen molar-refractivity contribution < 1.29 is 9.53 Å². The van der Waals surface area contributed by atoms with Crippen LogP contribution in [0.2, 0.25) is 5.02 Å². The lowest BCUT2D eigenvalue weighted by atomic mass is 10.1. The maximum absolute atomic E-state index is 11.5. The molecule has 3 aromatic rings. The van der Waals surface area contributed by atoms with Crippen molar-refractivity contribution >= 4 is 34.5 Å². The summed E-state index contributed by atoms with van der Waals surface area (Å²) in [4.78, 5) is 19.2. The Bertz CT molecular complexity index is 899. The molecule has 122 valence electrons. The molecule has 2 aromatic heterocycles. The molecule has 0 fully saturated rings. The van der Waals surface area contributed by atoms with Gasteiger partial charge in [-0.25, -0.2) is 4.79 Å². The van der Waals surface area contributed by atoms with E-state index in [-0.39, 0.29) is 5.97 Å². The molecule has 0 radical (unpaired) electrons. The Morgan fingerprint density at radius 2 is 2.21 bits per heavy atom. The van der Waals surface area contributed by atoms with Crippen LogP contribution in [0.25, 0.3) is 17.0 Å². The summed E-state index contributed by atoms with van der Waals surface area (Å²) in [6.45, 7) is 2.13. The number of aromatic nitrogens is 2. The third kappa shape index (κ3) is 3.84. The first-order valence-electron chi connectivity index (χ1n) is 7.71. The first-order chi connectivity index (χ1) is 11.7. The molecule has 0 bridgehead atoms. The third-order valence-corrected chi connectivity index (χ3v) is 3.84. The second-order valence-electron chi connectivity index (χ2n) is 5.34. The number of carbonyl (C=O) groups excluding carboxylic acids is 1. The van der Waals surface area contributed by atoms with Crippen LogP contribution in [0.4, 0.5) is 0 Å². The molecule has 24 heavy (non-hydrogen) atoms. The summed E-state index contributed by atoms with van der Waals surface area (Å²) in [7, 11) is 0. The zero-order valence-electron chi connectivity index (χ0n) is 13.3. The number of ether oxygens (including phenoxy) is 1. The van der Waals surface area contributed by atoms with Crippen LogP contribution in [0.5, 0.6) is 0 Å². The molecule has 2 heterocycles. The molecule has 0 aliphatic heterocycles. The Labute approximate surface area is 145 Å². The van der Waals surface area contributed by atoms with Gasteiger partial charge in [0.05, 0.1) is 12.3 Å². The van der Waals surface area contributed by atoms with E-state index in [1.807, 2.05) is 30.3 Å². The minimum atomic E-state index is -0.366. The molecule has 5 heteroatoms. The first kappa shape index (κ1) is 16.3. The van der Waals surface area contributed by atoms with Crippen LogP contribution < -0.4 is 0 Å². The van der Waals surface area contributed by atoms with Gasteiger partial charge in [0.15, 0.2) is 0 Å². The minimum Gasteiger partial charge on any atom is -0.463 e. The molecular formula is C19H17ClN2O2.